The van der Waals surface area contributed by atoms with Crippen LogP contribution in [-0.2, 0) is 24.1 Å². The number of nitrogens with one attached hydrogen (secondary N) is 1. The minimum Gasteiger partial charge on any atom is -0.481 e. The minimum atomic E-state index is -0.771. The monoisotopic (exact) mass is 411 g/mol. The molecular weight excluding hydrogens is 386 g/mol. The van der Waals surface area contributed by atoms with E-state index in [4.69, 9.17) is 5.11 Å². The lowest BCUT2D eigenvalue weighted by Crippen LogP contribution is -2.20. The van der Waals surface area contributed by atoms with Crippen molar-refractivity contribution in [3.05, 3.63) is 65.4 Å². The van der Waals surface area contributed by atoms with Gasteiger partial charge in [-0.25, -0.2) is 4.98 Å². The zero-order chi connectivity index (χ0) is 19.5. The molecule has 0 saturated carbocycles. The first-order chi connectivity index (χ1) is 13.6. The number of aromatic nitrogens is 2. The molecule has 29 heavy (non-hydrogen) atoms. The number of carboxylic acids is 1. The fourth-order valence-electron chi connectivity index (χ4n) is 3.70. The number of likely N-dealkylation sites (N-methyl/N-ethyl adjacent to an activating group) is 1. The number of carbonyl (C=O) groups is 1. The second kappa shape index (κ2) is 9.25. The molecule has 0 aliphatic carbocycles. The lowest BCUT2D eigenvalue weighted by Gasteiger charge is -2.10. The number of hydrogen-bond acceptors (Lipinski definition) is 3. The van der Waals surface area contributed by atoms with Gasteiger partial charge >= 0.3 is 5.97 Å². The van der Waals surface area contributed by atoms with E-state index in [1.54, 1.807) is 0 Å². The van der Waals surface area contributed by atoms with Crippen molar-refractivity contribution in [1.29, 1.82) is 0 Å². The molecule has 2 heterocycles. The van der Waals surface area contributed by atoms with Crippen LogP contribution in [0, 0.1) is 0 Å². The topological polar surface area (TPSA) is 69.2 Å². The van der Waals surface area contributed by atoms with Crippen molar-refractivity contribution in [3.63, 3.8) is 0 Å². The number of aryl methyl sites for hydroxylation is 1. The van der Waals surface area contributed by atoms with Gasteiger partial charge in [0, 0.05) is 25.1 Å². The second-order valence-corrected chi connectivity index (χ2v) is 7.52. The predicted molar refractivity (Wildman–Crippen MR) is 118 cm³/mol. The highest BCUT2D eigenvalue weighted by Gasteiger charge is 2.13. The van der Waals surface area contributed by atoms with Crippen LogP contribution in [0.4, 0.5) is 0 Å². The van der Waals surface area contributed by atoms with E-state index in [1.807, 2.05) is 30.5 Å². The first kappa shape index (κ1) is 21.1. The summed E-state index contributed by atoms with van der Waals surface area (Å²) in [4.78, 5) is 21.1. The molecule has 0 atom stereocenters. The molecule has 2 N–H and O–H groups in total. The molecule has 0 saturated heterocycles. The number of carboxylic acid groups (broad SMARTS) is 1. The van der Waals surface area contributed by atoms with Crippen molar-refractivity contribution in [2.75, 3.05) is 20.1 Å². The maximum Gasteiger partial charge on any atom is 0.303 e. The summed E-state index contributed by atoms with van der Waals surface area (Å²) in [5, 5.41) is 8.80. The van der Waals surface area contributed by atoms with E-state index in [0.717, 1.165) is 48.6 Å². The summed E-state index contributed by atoms with van der Waals surface area (Å²) < 4.78 is 0. The van der Waals surface area contributed by atoms with E-state index >= 15 is 0 Å². The van der Waals surface area contributed by atoms with Gasteiger partial charge in [-0.05, 0) is 54.6 Å². The summed E-state index contributed by atoms with van der Waals surface area (Å²) in [5.74, 6) is 0.0570. The lowest BCUT2D eigenvalue weighted by atomic mass is 9.99. The standard InChI is InChI=1S/C23H25N3O2.ClH/c1-26-12-10-17-7-8-20(14-19(17)11-13-26)21-15-24-23(25-21)18-5-2-16(3-6-18)4-9-22(27)28;/h2-3,5-8,14-15H,4,9-13H2,1H3,(H,24,25)(H,27,28);1H. The predicted octanol–water partition coefficient (Wildman–Crippen LogP) is 4.21. The number of rotatable bonds is 5. The van der Waals surface area contributed by atoms with Gasteiger partial charge in [0.15, 0.2) is 0 Å². The van der Waals surface area contributed by atoms with E-state index in [-0.39, 0.29) is 18.8 Å². The van der Waals surface area contributed by atoms with Gasteiger partial charge in [-0.15, -0.1) is 12.4 Å². The van der Waals surface area contributed by atoms with Crippen LogP contribution < -0.4 is 0 Å². The molecule has 0 fully saturated rings. The van der Waals surface area contributed by atoms with Gasteiger partial charge in [-0.1, -0.05) is 36.4 Å². The van der Waals surface area contributed by atoms with Gasteiger partial charge in [0.2, 0.25) is 0 Å². The highest BCUT2D eigenvalue weighted by atomic mass is 35.5. The molecule has 0 amide bonds. The van der Waals surface area contributed by atoms with E-state index in [2.05, 4.69) is 40.1 Å². The summed E-state index contributed by atoms with van der Waals surface area (Å²) in [5.41, 5.74) is 7.09. The summed E-state index contributed by atoms with van der Waals surface area (Å²) in [6.45, 7) is 2.21. The Kier molecular flexibility index (Phi) is 6.72. The Morgan fingerprint density at radius 1 is 1.07 bits per heavy atom. The summed E-state index contributed by atoms with van der Waals surface area (Å²) >= 11 is 0. The van der Waals surface area contributed by atoms with Crippen molar-refractivity contribution in [1.82, 2.24) is 14.9 Å². The van der Waals surface area contributed by atoms with Gasteiger partial charge in [0.1, 0.15) is 5.82 Å². The Labute approximate surface area is 177 Å². The number of aromatic amines is 1. The van der Waals surface area contributed by atoms with E-state index < -0.39 is 5.97 Å². The number of aliphatic carboxylic acids is 1. The van der Waals surface area contributed by atoms with Crippen molar-refractivity contribution in [2.45, 2.75) is 25.7 Å². The Balaban J connectivity index is 0.00000240. The molecule has 0 radical (unpaired) electrons. The average molecular weight is 412 g/mol. The third kappa shape index (κ3) is 5.05. The first-order valence-corrected chi connectivity index (χ1v) is 9.75. The summed E-state index contributed by atoms with van der Waals surface area (Å²) in [6.07, 6.45) is 4.77. The SMILES string of the molecule is CN1CCc2ccc(-c3cnc(-c4ccc(CCC(=O)O)cc4)[nH]3)cc2CC1.Cl. The molecule has 1 aromatic heterocycles. The number of nitrogens with zero attached hydrogens (tertiary/aromatic N) is 2. The van der Waals surface area contributed by atoms with Crippen LogP contribution in [0.2, 0.25) is 0 Å². The third-order valence-electron chi connectivity index (χ3n) is 5.47. The zero-order valence-corrected chi connectivity index (χ0v) is 17.3. The smallest absolute Gasteiger partial charge is 0.303 e. The maximum atomic E-state index is 10.7. The molecule has 6 heteroatoms. The number of halogens is 1. The van der Waals surface area contributed by atoms with Gasteiger partial charge in [0.05, 0.1) is 11.9 Å². The van der Waals surface area contributed by atoms with Crippen LogP contribution in [0.25, 0.3) is 22.6 Å². The fraction of sp³-hybridized carbons (Fsp3) is 0.304. The van der Waals surface area contributed by atoms with E-state index in [0.29, 0.717) is 6.42 Å². The number of hydrogen-bond donors (Lipinski definition) is 2. The van der Waals surface area contributed by atoms with Gasteiger partial charge in [-0.3, -0.25) is 4.79 Å². The van der Waals surface area contributed by atoms with E-state index in [9.17, 15) is 4.79 Å². The summed E-state index contributed by atoms with van der Waals surface area (Å²) in [7, 11) is 2.18. The molecule has 4 rings (SSSR count). The number of H-pyrrole nitrogens is 1. The van der Waals surface area contributed by atoms with Gasteiger partial charge in [-0.2, -0.15) is 0 Å². The van der Waals surface area contributed by atoms with Crippen LogP contribution >= 0.6 is 12.4 Å². The van der Waals surface area contributed by atoms with Crippen LogP contribution in [0.1, 0.15) is 23.1 Å². The second-order valence-electron chi connectivity index (χ2n) is 7.52. The third-order valence-corrected chi connectivity index (χ3v) is 5.47. The molecular formula is C23H26ClN3O2. The van der Waals surface area contributed by atoms with Crippen molar-refractivity contribution < 1.29 is 9.90 Å². The van der Waals surface area contributed by atoms with Crippen LogP contribution in [0.15, 0.2) is 48.7 Å². The Morgan fingerprint density at radius 2 is 1.76 bits per heavy atom. The lowest BCUT2D eigenvalue weighted by molar-refractivity contribution is -0.136. The highest BCUT2D eigenvalue weighted by Crippen LogP contribution is 2.26. The van der Waals surface area contributed by atoms with Crippen LogP contribution in [-0.4, -0.2) is 46.1 Å². The van der Waals surface area contributed by atoms with Crippen molar-refractivity contribution in [3.8, 4) is 22.6 Å². The van der Waals surface area contributed by atoms with Gasteiger partial charge < -0.3 is 15.0 Å². The number of benzene rings is 2. The Hall–Kier alpha value is -2.63. The molecule has 3 aromatic rings. The molecule has 0 bridgehead atoms. The Morgan fingerprint density at radius 3 is 2.48 bits per heavy atom. The average Bonchev–Trinajstić information content (AvgIpc) is 3.12. The van der Waals surface area contributed by atoms with Crippen molar-refractivity contribution >= 4 is 18.4 Å². The molecule has 0 unspecified atom stereocenters. The fourth-order valence-corrected chi connectivity index (χ4v) is 3.70. The highest BCUT2D eigenvalue weighted by molar-refractivity contribution is 5.85. The normalized spacial score (nSPS) is 14.0. The number of fused-ring (bicyclic) bond motifs is 1. The maximum absolute atomic E-state index is 10.7. The first-order valence-electron chi connectivity index (χ1n) is 9.75. The Bertz CT molecular complexity index is 982. The minimum absolute atomic E-state index is 0. The summed E-state index contributed by atoms with van der Waals surface area (Å²) in [6, 6.07) is 14.6. The quantitative estimate of drug-likeness (QED) is 0.659. The molecule has 152 valence electrons. The zero-order valence-electron chi connectivity index (χ0n) is 16.5. The van der Waals surface area contributed by atoms with Crippen LogP contribution in [0.3, 0.4) is 0 Å². The molecule has 5 nitrogen and oxygen atoms in total. The molecule has 0 spiro atoms. The number of imidazole rings is 1. The molecule has 1 aliphatic rings. The molecule has 1 aliphatic heterocycles. The van der Waals surface area contributed by atoms with Crippen LogP contribution in [0.5, 0.6) is 0 Å². The molecule has 2 aromatic carbocycles. The largest absolute Gasteiger partial charge is 0.481 e. The van der Waals surface area contributed by atoms with E-state index in [1.165, 1.54) is 16.7 Å². The van der Waals surface area contributed by atoms with Gasteiger partial charge in [0.25, 0.3) is 0 Å². The van der Waals surface area contributed by atoms with Crippen molar-refractivity contribution in [2.24, 2.45) is 0 Å².